The van der Waals surface area contributed by atoms with Gasteiger partial charge in [-0.3, -0.25) is 9.69 Å². The molecule has 0 aliphatic carbocycles. The van der Waals surface area contributed by atoms with E-state index in [1.165, 1.54) is 11.5 Å². The zero-order chi connectivity index (χ0) is 15.9. The van der Waals surface area contributed by atoms with Gasteiger partial charge < -0.3 is 10.2 Å². The molecular weight excluding hydrogens is 298 g/mol. The van der Waals surface area contributed by atoms with E-state index in [0.29, 0.717) is 12.6 Å². The van der Waals surface area contributed by atoms with Crippen molar-refractivity contribution in [2.45, 2.75) is 46.1 Å². The molecule has 0 saturated carbocycles. The zero-order valence-corrected chi connectivity index (χ0v) is 14.7. The Morgan fingerprint density at radius 3 is 2.55 bits per heavy atom. The fourth-order valence-corrected chi connectivity index (χ4v) is 3.46. The molecule has 0 spiro atoms. The van der Waals surface area contributed by atoms with E-state index >= 15 is 0 Å². The fourth-order valence-electron chi connectivity index (χ4n) is 2.73. The van der Waals surface area contributed by atoms with E-state index in [1.54, 1.807) is 0 Å². The molecule has 0 aromatic carbocycles. The summed E-state index contributed by atoms with van der Waals surface area (Å²) < 4.78 is 4.30. The van der Waals surface area contributed by atoms with Crippen LogP contribution in [0.1, 0.15) is 39.4 Å². The van der Waals surface area contributed by atoms with E-state index in [-0.39, 0.29) is 5.91 Å². The molecule has 6 nitrogen and oxygen atoms in total. The quantitative estimate of drug-likeness (QED) is 0.829. The van der Waals surface area contributed by atoms with Gasteiger partial charge >= 0.3 is 0 Å². The van der Waals surface area contributed by atoms with Gasteiger partial charge in [0.1, 0.15) is 5.82 Å². The van der Waals surface area contributed by atoms with Gasteiger partial charge in [-0.25, -0.2) is 4.98 Å². The first-order chi connectivity index (χ1) is 10.7. The average molecular weight is 325 g/mol. The summed E-state index contributed by atoms with van der Waals surface area (Å²) in [7, 11) is 0. The summed E-state index contributed by atoms with van der Waals surface area (Å²) >= 11 is 1.44. The number of nitrogens with one attached hydrogen (secondary N) is 1. The largest absolute Gasteiger partial charge is 0.357 e. The van der Waals surface area contributed by atoms with Gasteiger partial charge in [-0.05, 0) is 26.7 Å². The number of aryl methyl sites for hydroxylation is 1. The first kappa shape index (κ1) is 17.1. The van der Waals surface area contributed by atoms with Gasteiger partial charge in [0.2, 0.25) is 11.0 Å². The highest BCUT2D eigenvalue weighted by atomic mass is 32.1. The van der Waals surface area contributed by atoms with Crippen molar-refractivity contribution in [3.63, 3.8) is 0 Å². The summed E-state index contributed by atoms with van der Waals surface area (Å²) in [5.74, 6) is 1.16. The maximum absolute atomic E-state index is 12.1. The molecule has 0 unspecified atom stereocenters. The van der Waals surface area contributed by atoms with E-state index in [1.807, 2.05) is 18.7 Å². The SMILES string of the molecule is CCc1nsc(NC2CCN(CC(=O)N(CC)CC)CC2)n1. The van der Waals surface area contributed by atoms with Gasteiger partial charge in [-0.2, -0.15) is 4.37 Å². The number of likely N-dealkylation sites (N-methyl/N-ethyl adjacent to an activating group) is 1. The topological polar surface area (TPSA) is 61.4 Å². The molecule has 1 aromatic rings. The predicted octanol–water partition coefficient (Wildman–Crippen LogP) is 1.85. The number of nitrogens with zero attached hydrogens (tertiary/aromatic N) is 4. The van der Waals surface area contributed by atoms with Crippen LogP contribution in [0.15, 0.2) is 0 Å². The van der Waals surface area contributed by atoms with Crippen molar-refractivity contribution in [3.8, 4) is 0 Å². The highest BCUT2D eigenvalue weighted by Crippen LogP contribution is 2.18. The van der Waals surface area contributed by atoms with Crippen LogP contribution in [0.3, 0.4) is 0 Å². The fraction of sp³-hybridized carbons (Fsp3) is 0.800. The van der Waals surface area contributed by atoms with Crippen LogP contribution < -0.4 is 5.32 Å². The second-order valence-corrected chi connectivity index (χ2v) is 6.38. The maximum atomic E-state index is 12.1. The molecule has 1 amide bonds. The van der Waals surface area contributed by atoms with Crippen molar-refractivity contribution in [2.24, 2.45) is 0 Å². The lowest BCUT2D eigenvalue weighted by molar-refractivity contribution is -0.132. The van der Waals surface area contributed by atoms with Crippen molar-refractivity contribution < 1.29 is 4.79 Å². The Bertz CT molecular complexity index is 466. The second kappa shape index (κ2) is 8.43. The van der Waals surface area contributed by atoms with Gasteiger partial charge in [-0.15, -0.1) is 0 Å². The molecule has 0 radical (unpaired) electrons. The van der Waals surface area contributed by atoms with Gasteiger partial charge in [-0.1, -0.05) is 6.92 Å². The second-order valence-electron chi connectivity index (χ2n) is 5.63. The summed E-state index contributed by atoms with van der Waals surface area (Å²) in [4.78, 5) is 20.8. The van der Waals surface area contributed by atoms with Gasteiger partial charge in [0.05, 0.1) is 6.54 Å². The Kier molecular flexibility index (Phi) is 6.57. The third kappa shape index (κ3) is 4.64. The molecule has 2 rings (SSSR count). The Morgan fingerprint density at radius 2 is 2.00 bits per heavy atom. The predicted molar refractivity (Wildman–Crippen MR) is 90.3 cm³/mol. The summed E-state index contributed by atoms with van der Waals surface area (Å²) in [5.41, 5.74) is 0. The van der Waals surface area contributed by atoms with E-state index in [2.05, 4.69) is 26.5 Å². The number of anilines is 1. The van der Waals surface area contributed by atoms with Crippen molar-refractivity contribution in [2.75, 3.05) is 38.0 Å². The number of carbonyl (C=O) groups is 1. The molecule has 124 valence electrons. The number of hydrogen-bond acceptors (Lipinski definition) is 6. The Balaban J connectivity index is 1.74. The first-order valence-electron chi connectivity index (χ1n) is 8.25. The van der Waals surface area contributed by atoms with Crippen LogP contribution in [0.25, 0.3) is 0 Å². The molecule has 1 N–H and O–H groups in total. The number of likely N-dealkylation sites (tertiary alicyclic amines) is 1. The third-order valence-electron chi connectivity index (χ3n) is 4.17. The molecule has 1 aliphatic rings. The monoisotopic (exact) mass is 325 g/mol. The van der Waals surface area contributed by atoms with Crippen LogP contribution in [-0.4, -0.2) is 63.8 Å². The minimum atomic E-state index is 0.244. The van der Waals surface area contributed by atoms with Crippen LogP contribution in [-0.2, 0) is 11.2 Å². The molecule has 0 atom stereocenters. The molecule has 22 heavy (non-hydrogen) atoms. The van der Waals surface area contributed by atoms with Gasteiger partial charge in [0.15, 0.2) is 0 Å². The van der Waals surface area contributed by atoms with Crippen LogP contribution in [0.4, 0.5) is 5.13 Å². The number of piperidine rings is 1. The lowest BCUT2D eigenvalue weighted by Gasteiger charge is -2.33. The van der Waals surface area contributed by atoms with E-state index < -0.39 is 0 Å². The number of rotatable bonds is 7. The Labute approximate surface area is 137 Å². The number of carbonyl (C=O) groups excluding carboxylic acids is 1. The molecule has 0 bridgehead atoms. The molecule has 7 heteroatoms. The van der Waals surface area contributed by atoms with Crippen molar-refractivity contribution >= 4 is 22.6 Å². The normalized spacial score (nSPS) is 16.7. The lowest BCUT2D eigenvalue weighted by Crippen LogP contribution is -2.45. The number of hydrogen-bond donors (Lipinski definition) is 1. The van der Waals surface area contributed by atoms with Crippen LogP contribution in [0.2, 0.25) is 0 Å². The summed E-state index contributed by atoms with van der Waals surface area (Å²) in [6, 6.07) is 0.442. The van der Waals surface area contributed by atoms with Gasteiger partial charge in [0, 0.05) is 50.2 Å². The molecule has 1 saturated heterocycles. The zero-order valence-electron chi connectivity index (χ0n) is 13.8. The average Bonchev–Trinajstić information content (AvgIpc) is 2.98. The molecular formula is C15H27N5OS. The first-order valence-corrected chi connectivity index (χ1v) is 9.02. The molecule has 1 fully saturated rings. The van der Waals surface area contributed by atoms with E-state index in [9.17, 15) is 4.79 Å². The number of amides is 1. The minimum Gasteiger partial charge on any atom is -0.357 e. The minimum absolute atomic E-state index is 0.244. The van der Waals surface area contributed by atoms with Crippen molar-refractivity contribution in [1.82, 2.24) is 19.2 Å². The van der Waals surface area contributed by atoms with Crippen LogP contribution in [0, 0.1) is 0 Å². The number of aromatic nitrogens is 2. The summed E-state index contributed by atoms with van der Waals surface area (Å²) in [5, 5.41) is 4.40. The Morgan fingerprint density at radius 1 is 1.32 bits per heavy atom. The smallest absolute Gasteiger partial charge is 0.236 e. The van der Waals surface area contributed by atoms with Gasteiger partial charge in [0.25, 0.3) is 0 Å². The summed E-state index contributed by atoms with van der Waals surface area (Å²) in [6.45, 7) is 10.2. The van der Waals surface area contributed by atoms with E-state index in [4.69, 9.17) is 0 Å². The maximum Gasteiger partial charge on any atom is 0.236 e. The van der Waals surface area contributed by atoms with E-state index in [0.717, 1.165) is 56.4 Å². The molecule has 2 heterocycles. The lowest BCUT2D eigenvalue weighted by atomic mass is 10.1. The standard InChI is InChI=1S/C15H27N5OS/c1-4-13-17-15(22-18-13)16-12-7-9-19(10-8-12)11-14(21)20(5-2)6-3/h12H,4-11H2,1-3H3,(H,16,17,18). The van der Waals surface area contributed by atoms with Crippen molar-refractivity contribution in [3.05, 3.63) is 5.82 Å². The third-order valence-corrected chi connectivity index (χ3v) is 4.86. The van der Waals surface area contributed by atoms with Crippen molar-refractivity contribution in [1.29, 1.82) is 0 Å². The molecule has 1 aromatic heterocycles. The van der Waals surface area contributed by atoms with Crippen LogP contribution >= 0.6 is 11.5 Å². The highest BCUT2D eigenvalue weighted by Gasteiger charge is 2.22. The molecule has 1 aliphatic heterocycles. The van der Waals surface area contributed by atoms with Crippen LogP contribution in [0.5, 0.6) is 0 Å². The highest BCUT2D eigenvalue weighted by molar-refractivity contribution is 7.09. The Hall–Kier alpha value is -1.21. The summed E-state index contributed by atoms with van der Waals surface area (Å²) in [6.07, 6.45) is 2.98.